The maximum atomic E-state index is 12.6. The molecule has 3 heterocycles. The fraction of sp³-hybridized carbons (Fsp3) is 0.625. The minimum atomic E-state index is -0.0389. The van der Waals surface area contributed by atoms with Crippen molar-refractivity contribution >= 4 is 17.2 Å². The summed E-state index contributed by atoms with van der Waals surface area (Å²) < 4.78 is 5.28. The van der Waals surface area contributed by atoms with E-state index in [4.69, 9.17) is 4.52 Å². The van der Waals surface area contributed by atoms with Gasteiger partial charge in [0, 0.05) is 38.2 Å². The number of hydrogen-bond acceptors (Lipinski definition) is 7. The molecule has 1 saturated carbocycles. The summed E-state index contributed by atoms with van der Waals surface area (Å²) in [6.45, 7) is 6.04. The summed E-state index contributed by atoms with van der Waals surface area (Å²) in [5, 5.41) is 14.3. The van der Waals surface area contributed by atoms with Crippen molar-refractivity contribution in [2.45, 2.75) is 38.6 Å². The molecular weight excluding hydrogens is 326 g/mol. The average Bonchev–Trinajstić information content (AvgIpc) is 3.24. The monoisotopic (exact) mass is 347 g/mol. The van der Waals surface area contributed by atoms with Gasteiger partial charge >= 0.3 is 0 Å². The Morgan fingerprint density at radius 3 is 2.92 bits per heavy atom. The zero-order chi connectivity index (χ0) is 16.5. The first-order chi connectivity index (χ1) is 11.7. The maximum Gasteiger partial charge on any atom is 0.292 e. The molecule has 0 N–H and O–H groups in total. The lowest BCUT2D eigenvalue weighted by molar-refractivity contribution is 0.0719. The van der Waals surface area contributed by atoms with E-state index in [0.717, 1.165) is 61.2 Å². The molecule has 0 aromatic carbocycles. The van der Waals surface area contributed by atoms with E-state index in [1.807, 2.05) is 17.9 Å². The molecule has 2 aliphatic rings. The van der Waals surface area contributed by atoms with E-state index in [9.17, 15) is 4.79 Å². The van der Waals surface area contributed by atoms with Crippen LogP contribution in [0.4, 0.5) is 0 Å². The van der Waals surface area contributed by atoms with Gasteiger partial charge in [-0.3, -0.25) is 9.69 Å². The van der Waals surface area contributed by atoms with Crippen LogP contribution in [0.25, 0.3) is 0 Å². The first-order valence-electron chi connectivity index (χ1n) is 8.46. The number of carbonyl (C=O) groups excluding carboxylic acids is 1. The molecule has 2 fully saturated rings. The SMILES string of the molecule is Cc1nnc(CN2CCCN(C(=O)c3cc(C4CC4)no3)CC2)s1. The Hall–Kier alpha value is -1.80. The van der Waals surface area contributed by atoms with Crippen LogP contribution in [-0.2, 0) is 6.54 Å². The standard InChI is InChI=1S/C16H21N5O2S/c1-11-17-18-15(24-11)10-20-5-2-6-21(8-7-20)16(22)14-9-13(19-23-14)12-3-4-12/h9,12H,2-8,10H2,1H3. The zero-order valence-electron chi connectivity index (χ0n) is 13.8. The van der Waals surface area contributed by atoms with E-state index in [2.05, 4.69) is 20.3 Å². The van der Waals surface area contributed by atoms with Crippen molar-refractivity contribution in [1.29, 1.82) is 0 Å². The summed E-state index contributed by atoms with van der Waals surface area (Å²) in [6.07, 6.45) is 3.26. The van der Waals surface area contributed by atoms with Gasteiger partial charge in [-0.05, 0) is 26.2 Å². The third-order valence-corrected chi connectivity index (χ3v) is 5.36. The fourth-order valence-electron chi connectivity index (χ4n) is 3.04. The Balaban J connectivity index is 1.35. The number of amides is 1. The molecule has 1 saturated heterocycles. The molecule has 1 aliphatic carbocycles. The van der Waals surface area contributed by atoms with Crippen molar-refractivity contribution in [3.8, 4) is 0 Å². The molecule has 2 aromatic heterocycles. The highest BCUT2D eigenvalue weighted by Crippen LogP contribution is 2.39. The minimum Gasteiger partial charge on any atom is -0.351 e. The first-order valence-corrected chi connectivity index (χ1v) is 9.28. The molecule has 0 spiro atoms. The molecule has 0 atom stereocenters. The predicted molar refractivity (Wildman–Crippen MR) is 88.9 cm³/mol. The lowest BCUT2D eigenvalue weighted by atomic mass is 10.2. The van der Waals surface area contributed by atoms with Crippen LogP contribution in [0.3, 0.4) is 0 Å². The van der Waals surface area contributed by atoms with E-state index in [1.165, 1.54) is 0 Å². The smallest absolute Gasteiger partial charge is 0.292 e. The van der Waals surface area contributed by atoms with E-state index in [1.54, 1.807) is 11.3 Å². The third-order valence-electron chi connectivity index (χ3n) is 4.54. The number of carbonyl (C=O) groups is 1. The van der Waals surface area contributed by atoms with Crippen LogP contribution in [-0.4, -0.2) is 57.2 Å². The van der Waals surface area contributed by atoms with Crippen LogP contribution in [0.15, 0.2) is 10.6 Å². The second-order valence-corrected chi connectivity index (χ2v) is 7.79. The largest absolute Gasteiger partial charge is 0.351 e. The number of aromatic nitrogens is 3. The average molecular weight is 347 g/mol. The minimum absolute atomic E-state index is 0.0389. The molecular formula is C16H21N5O2S. The molecule has 0 radical (unpaired) electrons. The van der Waals surface area contributed by atoms with Gasteiger partial charge in [0.1, 0.15) is 10.0 Å². The Labute approximate surface area is 144 Å². The van der Waals surface area contributed by atoms with E-state index in [0.29, 0.717) is 18.2 Å². The van der Waals surface area contributed by atoms with Crippen molar-refractivity contribution in [1.82, 2.24) is 25.2 Å². The molecule has 1 amide bonds. The number of hydrogen-bond donors (Lipinski definition) is 0. The Morgan fingerprint density at radius 2 is 2.17 bits per heavy atom. The summed E-state index contributed by atoms with van der Waals surface area (Å²) in [6, 6.07) is 1.83. The van der Waals surface area contributed by atoms with Gasteiger partial charge in [-0.1, -0.05) is 5.16 Å². The molecule has 0 unspecified atom stereocenters. The maximum absolute atomic E-state index is 12.6. The van der Waals surface area contributed by atoms with Crippen LogP contribution in [0.5, 0.6) is 0 Å². The summed E-state index contributed by atoms with van der Waals surface area (Å²) >= 11 is 1.64. The molecule has 128 valence electrons. The molecule has 0 bridgehead atoms. The van der Waals surface area contributed by atoms with E-state index < -0.39 is 0 Å². The van der Waals surface area contributed by atoms with Crippen molar-refractivity contribution < 1.29 is 9.32 Å². The molecule has 2 aromatic rings. The topological polar surface area (TPSA) is 75.4 Å². The Bertz CT molecular complexity index is 724. The molecule has 4 rings (SSSR count). The van der Waals surface area contributed by atoms with Crippen LogP contribution in [0.2, 0.25) is 0 Å². The summed E-state index contributed by atoms with van der Waals surface area (Å²) in [4.78, 5) is 16.8. The van der Waals surface area contributed by atoms with Gasteiger partial charge in [-0.25, -0.2) is 0 Å². The highest BCUT2D eigenvalue weighted by Gasteiger charge is 2.30. The highest BCUT2D eigenvalue weighted by molar-refractivity contribution is 7.11. The molecule has 7 nitrogen and oxygen atoms in total. The lowest BCUT2D eigenvalue weighted by Gasteiger charge is -2.20. The Kier molecular flexibility index (Phi) is 4.32. The van der Waals surface area contributed by atoms with Gasteiger partial charge in [-0.15, -0.1) is 21.5 Å². The van der Waals surface area contributed by atoms with Gasteiger partial charge < -0.3 is 9.42 Å². The van der Waals surface area contributed by atoms with E-state index >= 15 is 0 Å². The zero-order valence-corrected chi connectivity index (χ0v) is 14.6. The Morgan fingerprint density at radius 1 is 1.29 bits per heavy atom. The molecule has 8 heteroatoms. The summed E-state index contributed by atoms with van der Waals surface area (Å²) in [5.74, 6) is 0.846. The number of aryl methyl sites for hydroxylation is 1. The van der Waals surface area contributed by atoms with Gasteiger partial charge in [0.2, 0.25) is 5.76 Å². The first kappa shape index (κ1) is 15.7. The quantitative estimate of drug-likeness (QED) is 0.843. The molecule has 24 heavy (non-hydrogen) atoms. The van der Waals surface area contributed by atoms with Crippen LogP contribution in [0, 0.1) is 6.92 Å². The van der Waals surface area contributed by atoms with E-state index in [-0.39, 0.29) is 5.91 Å². The van der Waals surface area contributed by atoms with Crippen molar-refractivity contribution in [3.05, 3.63) is 27.5 Å². The van der Waals surface area contributed by atoms with Crippen molar-refractivity contribution in [2.24, 2.45) is 0 Å². The van der Waals surface area contributed by atoms with Crippen LogP contribution >= 0.6 is 11.3 Å². The van der Waals surface area contributed by atoms with Crippen molar-refractivity contribution in [3.63, 3.8) is 0 Å². The van der Waals surface area contributed by atoms with Gasteiger partial charge in [0.05, 0.1) is 12.2 Å². The second kappa shape index (κ2) is 6.60. The van der Waals surface area contributed by atoms with Crippen LogP contribution < -0.4 is 0 Å². The number of nitrogens with zero attached hydrogens (tertiary/aromatic N) is 5. The number of rotatable bonds is 4. The molecule has 1 aliphatic heterocycles. The van der Waals surface area contributed by atoms with Crippen LogP contribution in [0.1, 0.15) is 51.4 Å². The van der Waals surface area contributed by atoms with Crippen molar-refractivity contribution in [2.75, 3.05) is 26.2 Å². The lowest BCUT2D eigenvalue weighted by Crippen LogP contribution is -2.34. The fourth-order valence-corrected chi connectivity index (χ4v) is 3.79. The highest BCUT2D eigenvalue weighted by atomic mass is 32.1. The third kappa shape index (κ3) is 3.49. The summed E-state index contributed by atoms with van der Waals surface area (Å²) in [7, 11) is 0. The van der Waals surface area contributed by atoms with Gasteiger partial charge in [0.25, 0.3) is 5.91 Å². The van der Waals surface area contributed by atoms with Gasteiger partial charge in [0.15, 0.2) is 0 Å². The normalized spacial score (nSPS) is 19.5. The van der Waals surface area contributed by atoms with Gasteiger partial charge in [-0.2, -0.15) is 0 Å². The second-order valence-electron chi connectivity index (χ2n) is 6.53. The summed E-state index contributed by atoms with van der Waals surface area (Å²) in [5.41, 5.74) is 0.932. The predicted octanol–water partition coefficient (Wildman–Crippen LogP) is 2.06.